The third kappa shape index (κ3) is 8.94. The summed E-state index contributed by atoms with van der Waals surface area (Å²) in [7, 11) is 3.30. The molecule has 0 saturated carbocycles. The molecule has 1 heterocycles. The highest BCUT2D eigenvalue weighted by atomic mass is 35.5. The van der Waals surface area contributed by atoms with Gasteiger partial charge in [0.15, 0.2) is 0 Å². The Kier molecular flexibility index (Phi) is 15.4. The lowest BCUT2D eigenvalue weighted by atomic mass is 10.3. The van der Waals surface area contributed by atoms with Crippen LogP contribution in [0.25, 0.3) is 0 Å². The number of methoxy groups -OCH3 is 2. The summed E-state index contributed by atoms with van der Waals surface area (Å²) in [5.41, 5.74) is 0. The van der Waals surface area contributed by atoms with Crippen LogP contribution in [0.1, 0.15) is 0 Å². The van der Waals surface area contributed by atoms with Gasteiger partial charge >= 0.3 is 0 Å². The molecule has 1 rings (SSSR count). The number of rotatable bonds is 8. The summed E-state index contributed by atoms with van der Waals surface area (Å²) >= 11 is 0. The second-order valence-electron chi connectivity index (χ2n) is 4.39. The highest BCUT2D eigenvalue weighted by Crippen LogP contribution is 1.97. The van der Waals surface area contributed by atoms with Gasteiger partial charge in [0.25, 0.3) is 0 Å². The average Bonchev–Trinajstić information content (AvgIpc) is 2.40. The summed E-state index contributed by atoms with van der Waals surface area (Å²) in [5.74, 6) is 0.158. The van der Waals surface area contributed by atoms with Gasteiger partial charge in [-0.15, -0.1) is 24.8 Å². The molecule has 0 aromatic rings. The second kappa shape index (κ2) is 13.9. The number of ether oxygens (including phenoxy) is 2. The molecule has 20 heavy (non-hydrogen) atoms. The van der Waals surface area contributed by atoms with E-state index >= 15 is 0 Å². The first kappa shape index (κ1) is 22.2. The third-order valence-electron chi connectivity index (χ3n) is 3.05. The van der Waals surface area contributed by atoms with Crippen molar-refractivity contribution in [3.63, 3.8) is 0 Å². The zero-order chi connectivity index (χ0) is 13.2. The van der Waals surface area contributed by atoms with Crippen molar-refractivity contribution in [3.8, 4) is 0 Å². The average molecular weight is 332 g/mol. The van der Waals surface area contributed by atoms with E-state index < -0.39 is 0 Å². The van der Waals surface area contributed by atoms with Crippen LogP contribution in [-0.4, -0.2) is 89.0 Å². The lowest BCUT2D eigenvalue weighted by Gasteiger charge is -2.29. The number of carbonyl (C=O) groups is 1. The Labute approximate surface area is 134 Å². The van der Waals surface area contributed by atoms with Gasteiger partial charge in [-0.05, 0) is 0 Å². The van der Waals surface area contributed by atoms with Crippen molar-refractivity contribution in [2.45, 2.75) is 0 Å². The quantitative estimate of drug-likeness (QED) is 0.670. The van der Waals surface area contributed by atoms with Crippen LogP contribution in [0.15, 0.2) is 0 Å². The Morgan fingerprint density at radius 2 is 1.60 bits per heavy atom. The summed E-state index contributed by atoms with van der Waals surface area (Å²) in [6.45, 7) is 6.69. The Morgan fingerprint density at radius 1 is 1.10 bits per heavy atom. The standard InChI is InChI=1S/C12H25N3O3.2ClH/c1-17-9-7-15(8-10-18-2)12(16)11-14-5-3-13-4-6-14;;/h13H,3-11H2,1-2H3;2*1H. The molecule has 0 aromatic carbocycles. The van der Waals surface area contributed by atoms with Gasteiger partial charge in [0.1, 0.15) is 0 Å². The first-order valence-corrected chi connectivity index (χ1v) is 6.46. The van der Waals surface area contributed by atoms with Crippen LogP contribution < -0.4 is 5.32 Å². The topological polar surface area (TPSA) is 54.0 Å². The molecule has 1 aliphatic rings. The second-order valence-corrected chi connectivity index (χ2v) is 4.39. The Bertz CT molecular complexity index is 234. The predicted molar refractivity (Wildman–Crippen MR) is 84.1 cm³/mol. The smallest absolute Gasteiger partial charge is 0.236 e. The van der Waals surface area contributed by atoms with Gasteiger partial charge in [0, 0.05) is 53.5 Å². The van der Waals surface area contributed by atoms with Crippen molar-refractivity contribution >= 4 is 30.7 Å². The maximum Gasteiger partial charge on any atom is 0.236 e. The van der Waals surface area contributed by atoms with Gasteiger partial charge < -0.3 is 19.7 Å². The number of hydrogen-bond donors (Lipinski definition) is 1. The monoisotopic (exact) mass is 331 g/mol. The van der Waals surface area contributed by atoms with Crippen LogP contribution in [0.2, 0.25) is 0 Å². The van der Waals surface area contributed by atoms with Crippen molar-refractivity contribution in [1.82, 2.24) is 15.1 Å². The zero-order valence-corrected chi connectivity index (χ0v) is 13.9. The van der Waals surface area contributed by atoms with Crippen LogP contribution in [0.5, 0.6) is 0 Å². The number of carbonyl (C=O) groups excluding carboxylic acids is 1. The maximum absolute atomic E-state index is 12.2. The number of nitrogens with one attached hydrogen (secondary N) is 1. The number of hydrogen-bond acceptors (Lipinski definition) is 5. The highest BCUT2D eigenvalue weighted by Gasteiger charge is 2.18. The fourth-order valence-corrected chi connectivity index (χ4v) is 1.92. The van der Waals surface area contributed by atoms with Crippen molar-refractivity contribution in [1.29, 1.82) is 0 Å². The number of amides is 1. The van der Waals surface area contributed by atoms with E-state index in [1.807, 2.05) is 4.90 Å². The summed E-state index contributed by atoms with van der Waals surface area (Å²) in [4.78, 5) is 16.2. The lowest BCUT2D eigenvalue weighted by Crippen LogP contribution is -2.49. The summed E-state index contributed by atoms with van der Waals surface area (Å²) in [5, 5.41) is 3.28. The van der Waals surface area contributed by atoms with E-state index in [-0.39, 0.29) is 30.7 Å². The number of piperazine rings is 1. The summed E-state index contributed by atoms with van der Waals surface area (Å²) < 4.78 is 10.1. The van der Waals surface area contributed by atoms with E-state index in [1.165, 1.54) is 0 Å². The number of halogens is 2. The summed E-state index contributed by atoms with van der Waals surface area (Å²) in [6.07, 6.45) is 0. The molecule has 0 radical (unpaired) electrons. The molecule has 1 saturated heterocycles. The van der Waals surface area contributed by atoms with Crippen LogP contribution in [0, 0.1) is 0 Å². The molecule has 1 amide bonds. The van der Waals surface area contributed by atoms with E-state index in [0.29, 0.717) is 32.8 Å². The van der Waals surface area contributed by atoms with Crippen LogP contribution >= 0.6 is 24.8 Å². The zero-order valence-electron chi connectivity index (χ0n) is 12.3. The molecule has 0 atom stereocenters. The maximum atomic E-state index is 12.2. The molecular weight excluding hydrogens is 305 g/mol. The molecule has 1 N–H and O–H groups in total. The van der Waals surface area contributed by atoms with E-state index in [0.717, 1.165) is 26.2 Å². The van der Waals surface area contributed by atoms with Gasteiger partial charge in [0.2, 0.25) is 5.91 Å². The highest BCUT2D eigenvalue weighted by molar-refractivity contribution is 5.85. The first-order valence-electron chi connectivity index (χ1n) is 6.46. The molecule has 0 aromatic heterocycles. The fraction of sp³-hybridized carbons (Fsp3) is 0.917. The molecule has 8 heteroatoms. The van der Waals surface area contributed by atoms with Gasteiger partial charge in [0.05, 0.1) is 19.8 Å². The summed E-state index contributed by atoms with van der Waals surface area (Å²) in [6, 6.07) is 0. The van der Waals surface area contributed by atoms with Gasteiger partial charge in [-0.1, -0.05) is 0 Å². The molecule has 1 aliphatic heterocycles. The van der Waals surface area contributed by atoms with Crippen molar-refractivity contribution in [3.05, 3.63) is 0 Å². The van der Waals surface area contributed by atoms with Gasteiger partial charge in [-0.3, -0.25) is 9.69 Å². The van der Waals surface area contributed by atoms with Crippen molar-refractivity contribution in [2.24, 2.45) is 0 Å². The van der Waals surface area contributed by atoms with Crippen LogP contribution in [0.4, 0.5) is 0 Å². The molecule has 0 bridgehead atoms. The van der Waals surface area contributed by atoms with Gasteiger partial charge in [-0.25, -0.2) is 0 Å². The van der Waals surface area contributed by atoms with Crippen molar-refractivity contribution in [2.75, 3.05) is 73.2 Å². The van der Waals surface area contributed by atoms with E-state index in [4.69, 9.17) is 9.47 Å². The normalized spacial score (nSPS) is 15.1. The Morgan fingerprint density at radius 3 is 2.05 bits per heavy atom. The predicted octanol–water partition coefficient (Wildman–Crippen LogP) is -0.143. The molecule has 122 valence electrons. The fourth-order valence-electron chi connectivity index (χ4n) is 1.92. The van der Waals surface area contributed by atoms with E-state index in [1.54, 1.807) is 14.2 Å². The minimum Gasteiger partial charge on any atom is -0.383 e. The van der Waals surface area contributed by atoms with E-state index in [9.17, 15) is 4.79 Å². The minimum atomic E-state index is 0. The SMILES string of the molecule is COCCN(CCOC)C(=O)CN1CCNCC1.Cl.Cl. The Balaban J connectivity index is 0. The molecule has 6 nitrogen and oxygen atoms in total. The largest absolute Gasteiger partial charge is 0.383 e. The Hall–Kier alpha value is -0.110. The molecule has 0 spiro atoms. The lowest BCUT2D eigenvalue weighted by molar-refractivity contribution is -0.133. The van der Waals surface area contributed by atoms with Crippen LogP contribution in [-0.2, 0) is 14.3 Å². The number of nitrogens with zero attached hydrogens (tertiary/aromatic N) is 2. The molecule has 1 fully saturated rings. The van der Waals surface area contributed by atoms with Crippen molar-refractivity contribution < 1.29 is 14.3 Å². The van der Waals surface area contributed by atoms with Crippen LogP contribution in [0.3, 0.4) is 0 Å². The molecular formula is C12H27Cl2N3O3. The third-order valence-corrected chi connectivity index (χ3v) is 3.05. The van der Waals surface area contributed by atoms with Gasteiger partial charge in [-0.2, -0.15) is 0 Å². The molecule has 0 unspecified atom stereocenters. The molecule has 0 aliphatic carbocycles. The minimum absolute atomic E-state index is 0. The van der Waals surface area contributed by atoms with E-state index in [2.05, 4.69) is 10.2 Å². The first-order chi connectivity index (χ1) is 8.77.